The average molecular weight is 199 g/mol. The summed E-state index contributed by atoms with van der Waals surface area (Å²) in [6.07, 6.45) is 2.23. The van der Waals surface area contributed by atoms with Crippen molar-refractivity contribution in [3.63, 3.8) is 0 Å². The zero-order chi connectivity index (χ0) is 10.2. The van der Waals surface area contributed by atoms with Crippen LogP contribution in [0.2, 0.25) is 0 Å². The molecule has 2 rings (SSSR count). The minimum absolute atomic E-state index is 0.0573. The third-order valence-electron chi connectivity index (χ3n) is 3.44. The first-order chi connectivity index (χ1) is 6.52. The molecule has 0 N–H and O–H groups in total. The van der Waals surface area contributed by atoms with E-state index in [1.54, 1.807) is 0 Å². The maximum absolute atomic E-state index is 5.69. The summed E-state index contributed by atoms with van der Waals surface area (Å²) in [5, 5.41) is 0. The van der Waals surface area contributed by atoms with E-state index in [2.05, 4.69) is 25.7 Å². The molecule has 2 fully saturated rings. The Morgan fingerprint density at radius 2 is 1.79 bits per heavy atom. The van der Waals surface area contributed by atoms with Gasteiger partial charge in [0.1, 0.15) is 6.79 Å². The van der Waals surface area contributed by atoms with E-state index in [-0.39, 0.29) is 5.60 Å². The van der Waals surface area contributed by atoms with Crippen LogP contribution in [0.25, 0.3) is 0 Å². The zero-order valence-electron chi connectivity index (χ0n) is 9.51. The van der Waals surface area contributed by atoms with E-state index in [1.165, 1.54) is 0 Å². The van der Waals surface area contributed by atoms with Crippen LogP contribution in [-0.2, 0) is 9.47 Å². The number of piperidine rings is 1. The predicted molar refractivity (Wildman–Crippen MR) is 55.2 cm³/mol. The molecular formula is C11H21NO2. The molecule has 0 radical (unpaired) electrons. The standard InChI is InChI=1S/C11H21NO2/c1-10(2,3)12-6-4-11(5-7-12)8-13-9-14-11/h4-9H2,1-3H3. The molecule has 0 atom stereocenters. The van der Waals surface area contributed by atoms with Crippen molar-refractivity contribution in [2.24, 2.45) is 0 Å². The number of hydrogen-bond donors (Lipinski definition) is 0. The summed E-state index contributed by atoms with van der Waals surface area (Å²) in [7, 11) is 0. The Bertz CT molecular complexity index is 194. The van der Waals surface area contributed by atoms with Crippen LogP contribution in [0, 0.1) is 0 Å². The van der Waals surface area contributed by atoms with Crippen LogP contribution in [0.1, 0.15) is 33.6 Å². The zero-order valence-corrected chi connectivity index (χ0v) is 9.51. The molecule has 0 bridgehead atoms. The van der Waals surface area contributed by atoms with Crippen molar-refractivity contribution in [3.8, 4) is 0 Å². The summed E-state index contributed by atoms with van der Waals surface area (Å²) < 4.78 is 11.0. The van der Waals surface area contributed by atoms with Gasteiger partial charge in [0.2, 0.25) is 0 Å². The summed E-state index contributed by atoms with van der Waals surface area (Å²) in [5.74, 6) is 0. The average Bonchev–Trinajstić information content (AvgIpc) is 2.53. The molecule has 0 aromatic carbocycles. The van der Waals surface area contributed by atoms with E-state index in [9.17, 15) is 0 Å². The van der Waals surface area contributed by atoms with Gasteiger partial charge in [-0.15, -0.1) is 0 Å². The Morgan fingerprint density at radius 1 is 1.14 bits per heavy atom. The fraction of sp³-hybridized carbons (Fsp3) is 1.00. The Morgan fingerprint density at radius 3 is 2.21 bits per heavy atom. The molecule has 2 aliphatic rings. The molecule has 2 heterocycles. The molecule has 2 saturated heterocycles. The van der Waals surface area contributed by atoms with Gasteiger partial charge < -0.3 is 9.47 Å². The Kier molecular flexibility index (Phi) is 2.58. The lowest BCUT2D eigenvalue weighted by atomic mass is 9.89. The van der Waals surface area contributed by atoms with Crippen LogP contribution < -0.4 is 0 Å². The first kappa shape index (κ1) is 10.4. The highest BCUT2D eigenvalue weighted by Crippen LogP contribution is 2.32. The van der Waals surface area contributed by atoms with Crippen molar-refractivity contribution >= 4 is 0 Å². The topological polar surface area (TPSA) is 21.7 Å². The first-order valence-electron chi connectivity index (χ1n) is 5.49. The van der Waals surface area contributed by atoms with Crippen LogP contribution in [-0.4, -0.2) is 42.5 Å². The van der Waals surface area contributed by atoms with E-state index >= 15 is 0 Å². The minimum Gasteiger partial charge on any atom is -0.352 e. The minimum atomic E-state index is 0.0573. The molecule has 0 amide bonds. The number of rotatable bonds is 0. The molecule has 0 aromatic rings. The summed E-state index contributed by atoms with van der Waals surface area (Å²) >= 11 is 0. The van der Waals surface area contributed by atoms with Gasteiger partial charge in [-0.05, 0) is 33.6 Å². The molecule has 82 valence electrons. The Balaban J connectivity index is 1.92. The van der Waals surface area contributed by atoms with Crippen molar-refractivity contribution in [1.82, 2.24) is 4.90 Å². The predicted octanol–water partition coefficient (Wildman–Crippen LogP) is 1.62. The SMILES string of the molecule is CC(C)(C)N1CCC2(CC1)COCO2. The lowest BCUT2D eigenvalue weighted by molar-refractivity contribution is -0.0581. The highest BCUT2D eigenvalue weighted by Gasteiger charge is 2.41. The van der Waals surface area contributed by atoms with Gasteiger partial charge in [0.15, 0.2) is 0 Å². The molecule has 1 spiro atoms. The maximum atomic E-state index is 5.69. The van der Waals surface area contributed by atoms with Crippen molar-refractivity contribution in [2.75, 3.05) is 26.5 Å². The van der Waals surface area contributed by atoms with Crippen molar-refractivity contribution in [1.29, 1.82) is 0 Å². The molecule has 3 nitrogen and oxygen atoms in total. The molecular weight excluding hydrogens is 178 g/mol. The molecule has 0 saturated carbocycles. The van der Waals surface area contributed by atoms with Crippen LogP contribution >= 0.6 is 0 Å². The second-order valence-corrected chi connectivity index (χ2v) is 5.45. The summed E-state index contributed by atoms with van der Waals surface area (Å²) in [6, 6.07) is 0. The summed E-state index contributed by atoms with van der Waals surface area (Å²) in [4.78, 5) is 2.53. The summed E-state index contributed by atoms with van der Waals surface area (Å²) in [5.41, 5.74) is 0.350. The normalized spacial score (nSPS) is 28.5. The van der Waals surface area contributed by atoms with Crippen LogP contribution in [0.5, 0.6) is 0 Å². The van der Waals surface area contributed by atoms with Gasteiger partial charge in [-0.1, -0.05) is 0 Å². The van der Waals surface area contributed by atoms with Gasteiger partial charge in [-0.3, -0.25) is 4.90 Å². The quantitative estimate of drug-likeness (QED) is 0.592. The molecule has 0 aromatic heterocycles. The van der Waals surface area contributed by atoms with E-state index in [0.29, 0.717) is 12.3 Å². The molecule has 14 heavy (non-hydrogen) atoms. The Hall–Kier alpha value is -0.120. The number of nitrogens with zero attached hydrogens (tertiary/aromatic N) is 1. The van der Waals surface area contributed by atoms with Gasteiger partial charge >= 0.3 is 0 Å². The smallest absolute Gasteiger partial charge is 0.147 e. The largest absolute Gasteiger partial charge is 0.352 e. The highest BCUT2D eigenvalue weighted by molar-refractivity contribution is 4.92. The van der Waals surface area contributed by atoms with Crippen LogP contribution in [0.3, 0.4) is 0 Å². The van der Waals surface area contributed by atoms with E-state index in [4.69, 9.17) is 9.47 Å². The lowest BCUT2D eigenvalue weighted by Gasteiger charge is -2.43. The monoisotopic (exact) mass is 199 g/mol. The van der Waals surface area contributed by atoms with E-state index in [1.807, 2.05) is 0 Å². The fourth-order valence-corrected chi connectivity index (χ4v) is 2.31. The van der Waals surface area contributed by atoms with Crippen LogP contribution in [0.4, 0.5) is 0 Å². The van der Waals surface area contributed by atoms with Gasteiger partial charge in [0.05, 0.1) is 12.2 Å². The van der Waals surface area contributed by atoms with Crippen molar-refractivity contribution in [3.05, 3.63) is 0 Å². The van der Waals surface area contributed by atoms with Gasteiger partial charge in [0.25, 0.3) is 0 Å². The molecule has 0 unspecified atom stereocenters. The molecule has 3 heteroatoms. The van der Waals surface area contributed by atoms with Crippen molar-refractivity contribution < 1.29 is 9.47 Å². The second-order valence-electron chi connectivity index (χ2n) is 5.45. The molecule has 0 aliphatic carbocycles. The van der Waals surface area contributed by atoms with Gasteiger partial charge in [0, 0.05) is 18.6 Å². The van der Waals surface area contributed by atoms with E-state index in [0.717, 1.165) is 32.5 Å². The van der Waals surface area contributed by atoms with Crippen LogP contribution in [0.15, 0.2) is 0 Å². The Labute approximate surface area is 86.4 Å². The third kappa shape index (κ3) is 1.95. The lowest BCUT2D eigenvalue weighted by Crippen LogP contribution is -2.52. The second kappa shape index (κ2) is 3.47. The summed E-state index contributed by atoms with van der Waals surface area (Å²) in [6.45, 7) is 10.4. The van der Waals surface area contributed by atoms with Gasteiger partial charge in [-0.25, -0.2) is 0 Å². The van der Waals surface area contributed by atoms with Crippen molar-refractivity contribution in [2.45, 2.75) is 44.8 Å². The van der Waals surface area contributed by atoms with Gasteiger partial charge in [-0.2, -0.15) is 0 Å². The first-order valence-corrected chi connectivity index (χ1v) is 5.49. The number of likely N-dealkylation sites (tertiary alicyclic amines) is 1. The van der Waals surface area contributed by atoms with E-state index < -0.39 is 0 Å². The number of hydrogen-bond acceptors (Lipinski definition) is 3. The maximum Gasteiger partial charge on any atom is 0.147 e. The highest BCUT2D eigenvalue weighted by atomic mass is 16.7. The third-order valence-corrected chi connectivity index (χ3v) is 3.44. The number of ether oxygens (including phenoxy) is 2. The fourth-order valence-electron chi connectivity index (χ4n) is 2.31. The molecule has 2 aliphatic heterocycles.